The van der Waals surface area contributed by atoms with E-state index in [9.17, 15) is 4.79 Å². The molecule has 0 aromatic carbocycles. The minimum absolute atomic E-state index is 0.0406. The first-order chi connectivity index (χ1) is 9.87. The van der Waals surface area contributed by atoms with Crippen LogP contribution in [0.15, 0.2) is 0 Å². The summed E-state index contributed by atoms with van der Waals surface area (Å²) in [5, 5.41) is 6.84. The molecule has 0 spiro atoms. The maximum Gasteiger partial charge on any atom is 0.235 e. The Morgan fingerprint density at radius 3 is 2.33 bits per heavy atom. The highest BCUT2D eigenvalue weighted by Gasteiger charge is 2.41. The van der Waals surface area contributed by atoms with Gasteiger partial charge in [0.15, 0.2) is 5.82 Å². The lowest BCUT2D eigenvalue weighted by Gasteiger charge is -2.34. The predicted molar refractivity (Wildman–Crippen MR) is 86.6 cm³/mol. The summed E-state index contributed by atoms with van der Waals surface area (Å²) >= 11 is 5.22. The number of H-pyrrole nitrogens is 1. The van der Waals surface area contributed by atoms with Gasteiger partial charge >= 0.3 is 0 Å². The number of aromatic amines is 1. The number of nitrogens with one attached hydrogen (secondary N) is 1. The van der Waals surface area contributed by atoms with Crippen LogP contribution in [-0.4, -0.2) is 38.0 Å². The van der Waals surface area contributed by atoms with Crippen LogP contribution in [0.3, 0.4) is 0 Å². The highest BCUT2D eigenvalue weighted by atomic mass is 32.1. The van der Waals surface area contributed by atoms with E-state index < -0.39 is 5.41 Å². The zero-order valence-corrected chi connectivity index (χ0v) is 14.1. The summed E-state index contributed by atoms with van der Waals surface area (Å²) < 4.78 is 0. The standard InChI is InChI=1S/C14H25N5OS/c1-5-7-14(8-6-2,12(15)21)13(20)19(4)9-11-16-10(3)17-18-11/h5-9H2,1-4H3,(H2,15,21)(H,16,17,18). The predicted octanol–water partition coefficient (Wildman–Crippen LogP) is 1.94. The van der Waals surface area contributed by atoms with Crippen molar-refractivity contribution in [1.82, 2.24) is 20.1 Å². The van der Waals surface area contributed by atoms with Crippen LogP contribution in [0.4, 0.5) is 0 Å². The van der Waals surface area contributed by atoms with Gasteiger partial charge in [-0.15, -0.1) is 0 Å². The monoisotopic (exact) mass is 311 g/mol. The van der Waals surface area contributed by atoms with E-state index in [0.29, 0.717) is 25.2 Å². The molecule has 1 aromatic heterocycles. The second-order valence-electron chi connectivity index (χ2n) is 5.44. The Hall–Kier alpha value is -1.50. The topological polar surface area (TPSA) is 87.9 Å². The first-order valence-corrected chi connectivity index (χ1v) is 7.71. The van der Waals surface area contributed by atoms with Gasteiger partial charge in [0.1, 0.15) is 5.82 Å². The molecule has 0 unspecified atom stereocenters. The van der Waals surface area contributed by atoms with Crippen molar-refractivity contribution in [2.24, 2.45) is 11.1 Å². The average Bonchev–Trinajstić information content (AvgIpc) is 2.82. The van der Waals surface area contributed by atoms with Crippen molar-refractivity contribution in [3.8, 4) is 0 Å². The fraction of sp³-hybridized carbons (Fsp3) is 0.714. The highest BCUT2D eigenvalue weighted by Crippen LogP contribution is 2.33. The van der Waals surface area contributed by atoms with Crippen molar-refractivity contribution >= 4 is 23.1 Å². The van der Waals surface area contributed by atoms with Gasteiger partial charge < -0.3 is 10.6 Å². The Morgan fingerprint density at radius 1 is 1.38 bits per heavy atom. The minimum Gasteiger partial charge on any atom is -0.392 e. The number of carbonyl (C=O) groups is 1. The molecule has 0 saturated heterocycles. The highest BCUT2D eigenvalue weighted by molar-refractivity contribution is 7.80. The van der Waals surface area contributed by atoms with Crippen LogP contribution in [0, 0.1) is 12.3 Å². The van der Waals surface area contributed by atoms with Crippen molar-refractivity contribution in [2.45, 2.75) is 53.0 Å². The molecule has 1 aromatic rings. The lowest BCUT2D eigenvalue weighted by Crippen LogP contribution is -2.49. The molecule has 0 radical (unpaired) electrons. The number of amides is 1. The van der Waals surface area contributed by atoms with Crippen LogP contribution in [0.2, 0.25) is 0 Å². The Kier molecular flexibility index (Phi) is 6.26. The molecule has 1 rings (SSSR count). The fourth-order valence-electron chi connectivity index (χ4n) is 2.65. The smallest absolute Gasteiger partial charge is 0.235 e. The molecular formula is C14H25N5OS. The van der Waals surface area contributed by atoms with Gasteiger partial charge in [0, 0.05) is 7.05 Å². The van der Waals surface area contributed by atoms with Crippen LogP contribution in [0.1, 0.15) is 51.2 Å². The molecule has 3 N–H and O–H groups in total. The molecule has 1 heterocycles. The molecule has 21 heavy (non-hydrogen) atoms. The number of hydrogen-bond acceptors (Lipinski definition) is 4. The average molecular weight is 311 g/mol. The normalized spacial score (nSPS) is 11.4. The van der Waals surface area contributed by atoms with Gasteiger partial charge in [0.05, 0.1) is 16.9 Å². The van der Waals surface area contributed by atoms with Gasteiger partial charge in [-0.3, -0.25) is 9.89 Å². The Labute approximate surface area is 131 Å². The fourth-order valence-corrected chi connectivity index (χ4v) is 2.94. The van der Waals surface area contributed by atoms with E-state index in [1.54, 1.807) is 11.9 Å². The number of aromatic nitrogens is 3. The molecule has 0 aliphatic heterocycles. The number of hydrogen-bond donors (Lipinski definition) is 2. The molecular weight excluding hydrogens is 286 g/mol. The zero-order chi connectivity index (χ0) is 16.0. The minimum atomic E-state index is -0.751. The van der Waals surface area contributed by atoms with Crippen molar-refractivity contribution in [1.29, 1.82) is 0 Å². The maximum atomic E-state index is 12.9. The Morgan fingerprint density at radius 2 is 1.95 bits per heavy atom. The Balaban J connectivity index is 2.95. The summed E-state index contributed by atoms with van der Waals surface area (Å²) in [5.41, 5.74) is 5.18. The lowest BCUT2D eigenvalue weighted by atomic mass is 9.77. The summed E-state index contributed by atoms with van der Waals surface area (Å²) in [6.45, 7) is 6.25. The van der Waals surface area contributed by atoms with Crippen molar-refractivity contribution in [3.05, 3.63) is 11.6 Å². The molecule has 0 atom stereocenters. The molecule has 0 saturated carbocycles. The SMILES string of the molecule is CCCC(CCC)(C(=O)N(C)Cc1n[nH]c(C)n1)C(N)=S. The third kappa shape index (κ3) is 4.00. The van der Waals surface area contributed by atoms with E-state index in [-0.39, 0.29) is 10.9 Å². The number of nitrogens with zero attached hydrogens (tertiary/aromatic N) is 3. The quantitative estimate of drug-likeness (QED) is 0.716. The second kappa shape index (κ2) is 7.49. The number of carbonyl (C=O) groups excluding carboxylic acids is 1. The van der Waals surface area contributed by atoms with E-state index >= 15 is 0 Å². The summed E-state index contributed by atoms with van der Waals surface area (Å²) in [6.07, 6.45) is 3.06. The summed E-state index contributed by atoms with van der Waals surface area (Å²) in [4.78, 5) is 19.0. The summed E-state index contributed by atoms with van der Waals surface area (Å²) in [6, 6.07) is 0. The van der Waals surface area contributed by atoms with Crippen LogP contribution in [-0.2, 0) is 11.3 Å². The van der Waals surface area contributed by atoms with E-state index in [4.69, 9.17) is 18.0 Å². The molecule has 7 heteroatoms. The number of rotatable bonds is 8. The maximum absolute atomic E-state index is 12.9. The number of aryl methyl sites for hydroxylation is 1. The number of nitrogens with two attached hydrogens (primary N) is 1. The van der Waals surface area contributed by atoms with Crippen molar-refractivity contribution in [3.63, 3.8) is 0 Å². The van der Waals surface area contributed by atoms with Gasteiger partial charge in [-0.2, -0.15) is 5.10 Å². The third-order valence-electron chi connectivity index (χ3n) is 3.60. The summed E-state index contributed by atoms with van der Waals surface area (Å²) in [7, 11) is 1.74. The van der Waals surface area contributed by atoms with E-state index in [1.807, 2.05) is 20.8 Å². The molecule has 6 nitrogen and oxygen atoms in total. The molecule has 0 bridgehead atoms. The van der Waals surface area contributed by atoms with Crippen LogP contribution < -0.4 is 5.73 Å². The van der Waals surface area contributed by atoms with Crippen LogP contribution >= 0.6 is 12.2 Å². The Bertz CT molecular complexity index is 493. The van der Waals surface area contributed by atoms with E-state index in [1.165, 1.54) is 0 Å². The molecule has 1 amide bonds. The largest absolute Gasteiger partial charge is 0.392 e. The molecule has 0 aliphatic carbocycles. The summed E-state index contributed by atoms with van der Waals surface area (Å²) in [5.74, 6) is 1.28. The van der Waals surface area contributed by atoms with E-state index in [2.05, 4.69) is 15.2 Å². The molecule has 118 valence electrons. The van der Waals surface area contributed by atoms with Crippen LogP contribution in [0.5, 0.6) is 0 Å². The third-order valence-corrected chi connectivity index (χ3v) is 3.99. The van der Waals surface area contributed by atoms with Gasteiger partial charge in [-0.05, 0) is 19.8 Å². The van der Waals surface area contributed by atoms with E-state index in [0.717, 1.165) is 18.7 Å². The van der Waals surface area contributed by atoms with Gasteiger partial charge in [0.2, 0.25) is 5.91 Å². The zero-order valence-electron chi connectivity index (χ0n) is 13.3. The first kappa shape index (κ1) is 17.6. The molecule has 0 aliphatic rings. The lowest BCUT2D eigenvalue weighted by molar-refractivity contribution is -0.138. The number of thiocarbonyl (C=S) groups is 1. The van der Waals surface area contributed by atoms with Crippen molar-refractivity contribution in [2.75, 3.05) is 7.05 Å². The van der Waals surface area contributed by atoms with Crippen LogP contribution in [0.25, 0.3) is 0 Å². The second-order valence-corrected chi connectivity index (χ2v) is 5.88. The van der Waals surface area contributed by atoms with Gasteiger partial charge in [-0.1, -0.05) is 38.9 Å². The molecule has 0 fully saturated rings. The van der Waals surface area contributed by atoms with Gasteiger partial charge in [0.25, 0.3) is 0 Å². The van der Waals surface area contributed by atoms with Gasteiger partial charge in [-0.25, -0.2) is 4.98 Å². The first-order valence-electron chi connectivity index (χ1n) is 7.30. The van der Waals surface area contributed by atoms with Crippen molar-refractivity contribution < 1.29 is 4.79 Å².